The van der Waals surface area contributed by atoms with Crippen LogP contribution in [0.25, 0.3) is 22.0 Å². The Hall–Kier alpha value is -5.58. The van der Waals surface area contributed by atoms with E-state index < -0.39 is 23.4 Å². The van der Waals surface area contributed by atoms with Gasteiger partial charge in [0.05, 0.1) is 17.4 Å². The summed E-state index contributed by atoms with van der Waals surface area (Å²) < 4.78 is 71.2. The summed E-state index contributed by atoms with van der Waals surface area (Å²) in [5.41, 5.74) is 3.37. The highest BCUT2D eigenvalue weighted by Gasteiger charge is 2.30. The van der Waals surface area contributed by atoms with Crippen molar-refractivity contribution in [1.29, 1.82) is 0 Å². The van der Waals surface area contributed by atoms with Gasteiger partial charge in [0.25, 0.3) is 0 Å². The summed E-state index contributed by atoms with van der Waals surface area (Å²) in [5.74, 6) is -2.13. The van der Waals surface area contributed by atoms with Gasteiger partial charge in [-0.15, -0.1) is 0 Å². The van der Waals surface area contributed by atoms with E-state index in [-0.39, 0.29) is 42.8 Å². The van der Waals surface area contributed by atoms with Crippen LogP contribution in [0.5, 0.6) is 0 Å². The lowest BCUT2D eigenvalue weighted by Gasteiger charge is -2.25. The third kappa shape index (κ3) is 7.67. The van der Waals surface area contributed by atoms with Crippen LogP contribution in [0.1, 0.15) is 28.1 Å². The van der Waals surface area contributed by atoms with Crippen molar-refractivity contribution in [3.05, 3.63) is 160 Å². The average molecular weight is 685 g/mol. The summed E-state index contributed by atoms with van der Waals surface area (Å²) in [6.07, 6.45) is -0.181. The van der Waals surface area contributed by atoms with Crippen LogP contribution in [0.2, 0.25) is 0 Å². The molecule has 4 aromatic carbocycles. The number of imidazole rings is 1. The van der Waals surface area contributed by atoms with Crippen molar-refractivity contribution in [2.75, 3.05) is 6.54 Å². The van der Waals surface area contributed by atoms with Gasteiger partial charge in [0.2, 0.25) is 5.91 Å². The molecule has 6 aromatic rings. The second kappa shape index (κ2) is 14.5. The number of carbonyl (C=O) groups excluding carboxylic acids is 1. The number of alkyl halides is 3. The third-order valence-electron chi connectivity index (χ3n) is 8.86. The molecular formula is C39H33F5N4O2. The number of rotatable bonds is 11. The van der Waals surface area contributed by atoms with Crippen molar-refractivity contribution in [3.8, 4) is 11.1 Å². The Kier molecular flexibility index (Phi) is 9.94. The molecule has 50 heavy (non-hydrogen) atoms. The molecule has 0 spiro atoms. The Morgan fingerprint density at radius 3 is 2.20 bits per heavy atom. The Labute approximate surface area is 285 Å². The van der Waals surface area contributed by atoms with E-state index in [2.05, 4.69) is 4.98 Å². The molecule has 6 rings (SSSR count). The van der Waals surface area contributed by atoms with Crippen LogP contribution in [-0.2, 0) is 50.4 Å². The minimum atomic E-state index is -4.42. The van der Waals surface area contributed by atoms with Crippen molar-refractivity contribution in [2.24, 2.45) is 7.05 Å². The van der Waals surface area contributed by atoms with Crippen LogP contribution < -0.4 is 5.43 Å². The van der Waals surface area contributed by atoms with E-state index in [1.54, 1.807) is 58.4 Å². The Balaban J connectivity index is 1.28. The van der Waals surface area contributed by atoms with Crippen LogP contribution in [0.3, 0.4) is 0 Å². The van der Waals surface area contributed by atoms with Crippen LogP contribution in [0.15, 0.2) is 114 Å². The SMILES string of the molecule is Cn1cncc1CCN(Cc1ccc(-c2ccc(C(F)(F)F)cc2)cc1)C(=O)Cn1c(CCc2cccc(F)c2F)cc(=O)c2ccccc21. The van der Waals surface area contributed by atoms with Crippen molar-refractivity contribution in [3.63, 3.8) is 0 Å². The molecule has 256 valence electrons. The molecule has 0 aliphatic rings. The van der Waals surface area contributed by atoms with Gasteiger partial charge in [0.1, 0.15) is 6.54 Å². The minimum Gasteiger partial charge on any atom is -0.338 e. The van der Waals surface area contributed by atoms with E-state index >= 15 is 0 Å². The molecule has 0 fully saturated rings. The van der Waals surface area contributed by atoms with Gasteiger partial charge in [0, 0.05) is 55.6 Å². The maximum atomic E-state index is 14.5. The number of fused-ring (bicyclic) bond motifs is 1. The zero-order chi connectivity index (χ0) is 35.4. The van der Waals surface area contributed by atoms with Crippen LogP contribution in [0, 0.1) is 11.6 Å². The second-order valence-electron chi connectivity index (χ2n) is 12.1. The number of aryl methyl sites for hydroxylation is 3. The number of amides is 1. The van der Waals surface area contributed by atoms with E-state index in [0.29, 0.717) is 35.1 Å². The van der Waals surface area contributed by atoms with E-state index in [1.807, 2.05) is 23.7 Å². The number of carbonyl (C=O) groups is 1. The normalized spacial score (nSPS) is 11.6. The van der Waals surface area contributed by atoms with E-state index in [1.165, 1.54) is 30.3 Å². The summed E-state index contributed by atoms with van der Waals surface area (Å²) in [5, 5.41) is 0.432. The molecule has 11 heteroatoms. The largest absolute Gasteiger partial charge is 0.416 e. The molecule has 2 heterocycles. The lowest BCUT2D eigenvalue weighted by molar-refractivity contribution is -0.137. The first-order valence-corrected chi connectivity index (χ1v) is 16.0. The molecule has 0 saturated carbocycles. The van der Waals surface area contributed by atoms with Gasteiger partial charge in [0.15, 0.2) is 17.1 Å². The van der Waals surface area contributed by atoms with E-state index in [4.69, 9.17) is 0 Å². The smallest absolute Gasteiger partial charge is 0.338 e. The molecule has 0 N–H and O–H groups in total. The molecule has 0 aliphatic carbocycles. The maximum Gasteiger partial charge on any atom is 0.416 e. The first kappa shape index (κ1) is 34.3. The fraction of sp³-hybridized carbons (Fsp3) is 0.205. The van der Waals surface area contributed by atoms with Gasteiger partial charge in [-0.3, -0.25) is 9.59 Å². The van der Waals surface area contributed by atoms with Gasteiger partial charge in [-0.1, -0.05) is 60.7 Å². The molecule has 2 aromatic heterocycles. The number of benzene rings is 4. The standard InChI is InChI=1S/C39H33F5N4O2/c1-46-25-45-22-32(46)19-20-47(23-26-9-11-27(12-10-26)28-13-16-30(17-14-28)39(42,43)44)37(50)24-48-31(18-15-29-5-4-7-34(40)38(29)41)21-36(49)33-6-2-3-8-35(33)48/h2-14,16-17,21-22,25H,15,18-20,23-24H2,1H3. The molecule has 0 atom stereocenters. The quantitative estimate of drug-likeness (QED) is 0.131. The van der Waals surface area contributed by atoms with Crippen molar-refractivity contribution >= 4 is 16.8 Å². The van der Waals surface area contributed by atoms with Crippen molar-refractivity contribution in [2.45, 2.75) is 38.5 Å². The molecule has 6 nitrogen and oxygen atoms in total. The van der Waals surface area contributed by atoms with Crippen molar-refractivity contribution in [1.82, 2.24) is 19.0 Å². The number of pyridine rings is 1. The van der Waals surface area contributed by atoms with E-state index in [9.17, 15) is 31.5 Å². The minimum absolute atomic E-state index is 0.114. The average Bonchev–Trinajstić information content (AvgIpc) is 3.52. The second-order valence-corrected chi connectivity index (χ2v) is 12.1. The predicted octanol–water partition coefficient (Wildman–Crippen LogP) is 7.76. The molecule has 1 amide bonds. The molecule has 0 radical (unpaired) electrons. The molecular weight excluding hydrogens is 651 g/mol. The number of hydrogen-bond donors (Lipinski definition) is 0. The summed E-state index contributed by atoms with van der Waals surface area (Å²) >= 11 is 0. The first-order chi connectivity index (χ1) is 24.0. The molecule has 0 bridgehead atoms. The number of aromatic nitrogens is 3. The highest BCUT2D eigenvalue weighted by atomic mass is 19.4. The first-order valence-electron chi connectivity index (χ1n) is 16.0. The van der Waals surface area contributed by atoms with Crippen LogP contribution in [-0.4, -0.2) is 31.5 Å². The fourth-order valence-electron chi connectivity index (χ4n) is 6.05. The molecule has 0 aliphatic heterocycles. The topological polar surface area (TPSA) is 60.1 Å². The lowest BCUT2D eigenvalue weighted by atomic mass is 10.0. The van der Waals surface area contributed by atoms with Gasteiger partial charge >= 0.3 is 6.18 Å². The number of nitrogens with zero attached hydrogens (tertiary/aromatic N) is 4. The molecule has 0 saturated heterocycles. The number of para-hydroxylation sites is 1. The van der Waals surface area contributed by atoms with Gasteiger partial charge in [-0.2, -0.15) is 13.2 Å². The Bertz CT molecular complexity index is 2190. The molecule has 0 unspecified atom stereocenters. The van der Waals surface area contributed by atoms with Gasteiger partial charge < -0.3 is 14.0 Å². The van der Waals surface area contributed by atoms with Crippen LogP contribution >= 0.6 is 0 Å². The van der Waals surface area contributed by atoms with E-state index in [0.717, 1.165) is 35.0 Å². The zero-order valence-corrected chi connectivity index (χ0v) is 27.1. The Morgan fingerprint density at radius 2 is 1.52 bits per heavy atom. The van der Waals surface area contributed by atoms with Gasteiger partial charge in [-0.05, 0) is 65.4 Å². The Morgan fingerprint density at radius 1 is 0.820 bits per heavy atom. The predicted molar refractivity (Wildman–Crippen MR) is 181 cm³/mol. The zero-order valence-electron chi connectivity index (χ0n) is 27.1. The van der Waals surface area contributed by atoms with Gasteiger partial charge in [-0.25, -0.2) is 13.8 Å². The lowest BCUT2D eigenvalue weighted by Crippen LogP contribution is -2.36. The highest BCUT2D eigenvalue weighted by molar-refractivity contribution is 5.83. The summed E-state index contributed by atoms with van der Waals surface area (Å²) in [6.45, 7) is 0.476. The van der Waals surface area contributed by atoms with Crippen molar-refractivity contribution < 1.29 is 26.7 Å². The summed E-state index contributed by atoms with van der Waals surface area (Å²) in [4.78, 5) is 33.2. The highest BCUT2D eigenvalue weighted by Crippen LogP contribution is 2.31. The summed E-state index contributed by atoms with van der Waals surface area (Å²) in [6, 6.07) is 24.6. The monoisotopic (exact) mass is 684 g/mol. The van der Waals surface area contributed by atoms with Crippen LogP contribution in [0.4, 0.5) is 22.0 Å². The maximum absolute atomic E-state index is 14.5. The number of halogens is 5. The fourth-order valence-corrected chi connectivity index (χ4v) is 6.05. The number of hydrogen-bond acceptors (Lipinski definition) is 3. The summed E-state index contributed by atoms with van der Waals surface area (Å²) in [7, 11) is 1.87. The third-order valence-corrected chi connectivity index (χ3v) is 8.86.